The molecule has 0 saturated carbocycles. The van der Waals surface area contributed by atoms with Crippen LogP contribution in [0, 0.1) is 0 Å². The van der Waals surface area contributed by atoms with Gasteiger partial charge in [-0.15, -0.1) is 0 Å². The molecule has 0 fully saturated rings. The van der Waals surface area contributed by atoms with Crippen molar-refractivity contribution in [2.45, 2.75) is 5.92 Å². The van der Waals surface area contributed by atoms with Gasteiger partial charge in [0.25, 0.3) is 0 Å². The summed E-state index contributed by atoms with van der Waals surface area (Å²) in [6.07, 6.45) is 4.31. The Balaban J connectivity index is 2.39. The highest BCUT2D eigenvalue weighted by molar-refractivity contribution is 5.65. The number of allylic oxidation sites excluding steroid dienone is 2. The predicted octanol–water partition coefficient (Wildman–Crippen LogP) is 3.57. The summed E-state index contributed by atoms with van der Waals surface area (Å²) in [7, 11) is 0. The number of benzene rings is 2. The number of hydrogen-bond acceptors (Lipinski definition) is 1. The Morgan fingerprint density at radius 1 is 0.765 bits per heavy atom. The fraction of sp³-hybridized carbons (Fsp3) is 0.0625. The smallest absolute Gasteiger partial charge is 0.142 e. The second-order valence-electron chi connectivity index (χ2n) is 3.82. The lowest BCUT2D eigenvalue weighted by Gasteiger charge is -2.13. The van der Waals surface area contributed by atoms with Crippen LogP contribution in [0.2, 0.25) is 0 Å². The summed E-state index contributed by atoms with van der Waals surface area (Å²) in [6.45, 7) is 0. The molecule has 0 aliphatic carbocycles. The fourth-order valence-corrected chi connectivity index (χ4v) is 1.89. The van der Waals surface area contributed by atoms with Gasteiger partial charge in [0.2, 0.25) is 0 Å². The lowest BCUT2D eigenvalue weighted by Crippen LogP contribution is -1.97. The summed E-state index contributed by atoms with van der Waals surface area (Å²) >= 11 is 0. The van der Waals surface area contributed by atoms with Crippen LogP contribution in [0.3, 0.4) is 0 Å². The topological polar surface area (TPSA) is 17.1 Å². The molecule has 0 saturated heterocycles. The van der Waals surface area contributed by atoms with E-state index in [1.807, 2.05) is 42.5 Å². The SMILES string of the molecule is O=CC=CC(c1ccccc1)c1ccccc1. The van der Waals surface area contributed by atoms with Crippen LogP contribution >= 0.6 is 0 Å². The first-order valence-corrected chi connectivity index (χ1v) is 5.63. The first-order chi connectivity index (χ1) is 8.42. The average molecular weight is 222 g/mol. The van der Waals surface area contributed by atoms with Crippen LogP contribution in [0.25, 0.3) is 0 Å². The Labute approximate surface area is 101 Å². The molecule has 0 spiro atoms. The molecular weight excluding hydrogens is 208 g/mol. The summed E-state index contributed by atoms with van der Waals surface area (Å²) in [4.78, 5) is 10.5. The van der Waals surface area contributed by atoms with E-state index in [2.05, 4.69) is 24.3 Å². The molecule has 17 heavy (non-hydrogen) atoms. The molecule has 0 aliphatic rings. The highest BCUT2D eigenvalue weighted by Crippen LogP contribution is 2.25. The second-order valence-corrected chi connectivity index (χ2v) is 3.82. The molecule has 0 aliphatic heterocycles. The zero-order valence-corrected chi connectivity index (χ0v) is 9.49. The van der Waals surface area contributed by atoms with Gasteiger partial charge in [0.05, 0.1) is 0 Å². The van der Waals surface area contributed by atoms with Gasteiger partial charge in [-0.3, -0.25) is 4.79 Å². The maximum atomic E-state index is 10.5. The maximum Gasteiger partial charge on any atom is 0.142 e. The van der Waals surface area contributed by atoms with Crippen LogP contribution in [0.15, 0.2) is 72.8 Å². The summed E-state index contributed by atoms with van der Waals surface area (Å²) in [5.41, 5.74) is 2.38. The Morgan fingerprint density at radius 3 is 1.65 bits per heavy atom. The molecule has 0 aromatic heterocycles. The third-order valence-electron chi connectivity index (χ3n) is 2.70. The van der Waals surface area contributed by atoms with Crippen LogP contribution in [0.1, 0.15) is 17.0 Å². The summed E-state index contributed by atoms with van der Waals surface area (Å²) in [5, 5.41) is 0. The largest absolute Gasteiger partial charge is 0.299 e. The Bertz CT molecular complexity index is 446. The lowest BCUT2D eigenvalue weighted by molar-refractivity contribution is -0.104. The van der Waals surface area contributed by atoms with Gasteiger partial charge in [-0.25, -0.2) is 0 Å². The Morgan fingerprint density at radius 2 is 1.24 bits per heavy atom. The van der Waals surface area contributed by atoms with Crippen LogP contribution in [0.4, 0.5) is 0 Å². The molecule has 0 heterocycles. The van der Waals surface area contributed by atoms with E-state index < -0.39 is 0 Å². The number of hydrogen-bond donors (Lipinski definition) is 0. The van der Waals surface area contributed by atoms with E-state index in [0.29, 0.717) is 0 Å². The minimum Gasteiger partial charge on any atom is -0.299 e. The monoisotopic (exact) mass is 222 g/mol. The Kier molecular flexibility index (Phi) is 3.87. The van der Waals surface area contributed by atoms with Gasteiger partial charge in [-0.05, 0) is 17.2 Å². The normalized spacial score (nSPS) is 10.9. The molecule has 2 rings (SSSR count). The van der Waals surface area contributed by atoms with Gasteiger partial charge < -0.3 is 0 Å². The van der Waals surface area contributed by atoms with Crippen molar-refractivity contribution < 1.29 is 4.79 Å². The van der Waals surface area contributed by atoms with Crippen molar-refractivity contribution in [3.8, 4) is 0 Å². The summed E-state index contributed by atoms with van der Waals surface area (Å²) < 4.78 is 0. The van der Waals surface area contributed by atoms with Crippen LogP contribution in [-0.2, 0) is 4.79 Å². The van der Waals surface area contributed by atoms with Crippen LogP contribution in [0.5, 0.6) is 0 Å². The minimum atomic E-state index is 0.141. The summed E-state index contributed by atoms with van der Waals surface area (Å²) in [5.74, 6) is 0.141. The van der Waals surface area contributed by atoms with Crippen molar-refractivity contribution in [3.63, 3.8) is 0 Å². The first-order valence-electron chi connectivity index (χ1n) is 5.63. The van der Waals surface area contributed by atoms with Crippen molar-refractivity contribution in [2.24, 2.45) is 0 Å². The van der Waals surface area contributed by atoms with E-state index in [0.717, 1.165) is 6.29 Å². The lowest BCUT2D eigenvalue weighted by atomic mass is 9.91. The molecule has 1 nitrogen and oxygen atoms in total. The van der Waals surface area contributed by atoms with Crippen molar-refractivity contribution in [3.05, 3.63) is 83.9 Å². The number of aldehydes is 1. The third kappa shape index (κ3) is 2.91. The number of carbonyl (C=O) groups is 1. The van der Waals surface area contributed by atoms with Crippen molar-refractivity contribution >= 4 is 6.29 Å². The Hall–Kier alpha value is -2.15. The van der Waals surface area contributed by atoms with Crippen molar-refractivity contribution in [1.29, 1.82) is 0 Å². The van der Waals surface area contributed by atoms with E-state index in [1.165, 1.54) is 11.1 Å². The highest BCUT2D eigenvalue weighted by atomic mass is 16.1. The van der Waals surface area contributed by atoms with Crippen molar-refractivity contribution in [1.82, 2.24) is 0 Å². The molecule has 0 unspecified atom stereocenters. The fourth-order valence-electron chi connectivity index (χ4n) is 1.89. The zero-order chi connectivity index (χ0) is 11.9. The van der Waals surface area contributed by atoms with Gasteiger partial charge in [-0.1, -0.05) is 66.7 Å². The highest BCUT2D eigenvalue weighted by Gasteiger charge is 2.09. The summed E-state index contributed by atoms with van der Waals surface area (Å²) in [6, 6.07) is 20.4. The molecular formula is C16H14O. The van der Waals surface area contributed by atoms with Gasteiger partial charge in [0, 0.05) is 5.92 Å². The van der Waals surface area contributed by atoms with E-state index in [1.54, 1.807) is 6.08 Å². The van der Waals surface area contributed by atoms with Crippen molar-refractivity contribution in [2.75, 3.05) is 0 Å². The van der Waals surface area contributed by atoms with Gasteiger partial charge in [0.1, 0.15) is 6.29 Å². The number of carbonyl (C=O) groups excluding carboxylic acids is 1. The molecule has 0 N–H and O–H groups in total. The van der Waals surface area contributed by atoms with Crippen LogP contribution < -0.4 is 0 Å². The molecule has 1 heteroatoms. The van der Waals surface area contributed by atoms with E-state index in [9.17, 15) is 4.79 Å². The van der Waals surface area contributed by atoms with Gasteiger partial charge in [0.15, 0.2) is 0 Å². The van der Waals surface area contributed by atoms with E-state index >= 15 is 0 Å². The zero-order valence-electron chi connectivity index (χ0n) is 9.49. The molecule has 84 valence electrons. The average Bonchev–Trinajstić information content (AvgIpc) is 2.42. The number of rotatable bonds is 4. The standard InChI is InChI=1S/C16H14O/c17-13-7-12-16(14-8-3-1-4-9-14)15-10-5-2-6-11-15/h1-13,16H. The maximum absolute atomic E-state index is 10.5. The van der Waals surface area contributed by atoms with E-state index in [4.69, 9.17) is 0 Å². The molecule has 0 amide bonds. The second kappa shape index (κ2) is 5.80. The third-order valence-corrected chi connectivity index (χ3v) is 2.70. The molecule has 0 bridgehead atoms. The quantitative estimate of drug-likeness (QED) is 0.571. The van der Waals surface area contributed by atoms with E-state index in [-0.39, 0.29) is 5.92 Å². The molecule has 2 aromatic carbocycles. The first kappa shape index (κ1) is 11.3. The molecule has 0 atom stereocenters. The van der Waals surface area contributed by atoms with Gasteiger partial charge >= 0.3 is 0 Å². The molecule has 2 aromatic rings. The van der Waals surface area contributed by atoms with Gasteiger partial charge in [-0.2, -0.15) is 0 Å². The minimum absolute atomic E-state index is 0.141. The predicted molar refractivity (Wildman–Crippen MR) is 69.9 cm³/mol. The van der Waals surface area contributed by atoms with Crippen LogP contribution in [-0.4, -0.2) is 6.29 Å². The molecule has 0 radical (unpaired) electrons.